The molecule has 3 nitrogen and oxygen atoms in total. The van der Waals surface area contributed by atoms with Gasteiger partial charge in [-0.05, 0) is 30.2 Å². The lowest BCUT2D eigenvalue weighted by Crippen LogP contribution is -2.31. The van der Waals surface area contributed by atoms with Crippen LogP contribution in [0.5, 0.6) is 0 Å². The van der Waals surface area contributed by atoms with E-state index in [2.05, 4.69) is 0 Å². The van der Waals surface area contributed by atoms with E-state index >= 15 is 0 Å². The van der Waals surface area contributed by atoms with E-state index < -0.39 is 6.43 Å². The van der Waals surface area contributed by atoms with Crippen LogP contribution in [-0.2, 0) is 6.54 Å². The summed E-state index contributed by atoms with van der Waals surface area (Å²) in [6.45, 7) is 1.89. The molecule has 5 heteroatoms. The maximum Gasteiger partial charge on any atom is 0.251 e. The van der Waals surface area contributed by atoms with Crippen molar-refractivity contribution < 1.29 is 13.9 Å². The van der Waals surface area contributed by atoms with E-state index in [-0.39, 0.29) is 19.7 Å². The topological polar surface area (TPSA) is 47.3 Å². The minimum Gasteiger partial charge on any atom is -0.395 e. The van der Waals surface area contributed by atoms with Gasteiger partial charge in [-0.15, -0.1) is 0 Å². The van der Waals surface area contributed by atoms with E-state index in [4.69, 9.17) is 10.4 Å². The Kier molecular flexibility index (Phi) is 5.69. The van der Waals surface area contributed by atoms with E-state index in [1.165, 1.54) is 4.90 Å². The molecule has 18 heavy (non-hydrogen) atoms. The SMILES string of the molecule is Cc1cc(C#N)ccc1CN(CCO)CC(F)F. The van der Waals surface area contributed by atoms with E-state index in [1.807, 2.05) is 13.0 Å². The Bertz CT molecular complexity index is 429. The molecule has 1 rings (SSSR count). The van der Waals surface area contributed by atoms with Gasteiger partial charge in [0.05, 0.1) is 24.8 Å². The number of nitriles is 1. The first-order valence-corrected chi connectivity index (χ1v) is 5.67. The van der Waals surface area contributed by atoms with Crippen LogP contribution < -0.4 is 0 Å². The van der Waals surface area contributed by atoms with Crippen molar-refractivity contribution >= 4 is 0 Å². The predicted octanol–water partition coefficient (Wildman–Crippen LogP) is 1.93. The molecule has 0 spiro atoms. The Morgan fingerprint density at radius 2 is 2.17 bits per heavy atom. The normalized spacial score (nSPS) is 10.9. The highest BCUT2D eigenvalue weighted by Crippen LogP contribution is 2.14. The molecule has 1 N–H and O–H groups in total. The van der Waals surface area contributed by atoms with Gasteiger partial charge in [0.2, 0.25) is 0 Å². The second kappa shape index (κ2) is 7.04. The number of alkyl halides is 2. The summed E-state index contributed by atoms with van der Waals surface area (Å²) in [4.78, 5) is 1.50. The van der Waals surface area contributed by atoms with Crippen LogP contribution in [0.3, 0.4) is 0 Å². The largest absolute Gasteiger partial charge is 0.395 e. The van der Waals surface area contributed by atoms with Crippen molar-refractivity contribution in [3.05, 3.63) is 34.9 Å². The summed E-state index contributed by atoms with van der Waals surface area (Å²) >= 11 is 0. The molecule has 0 saturated carbocycles. The molecule has 0 fully saturated rings. The molecule has 0 bridgehead atoms. The number of nitrogens with zero attached hydrogens (tertiary/aromatic N) is 2. The first-order chi connectivity index (χ1) is 8.56. The molecular formula is C13H16F2N2O. The number of rotatable bonds is 6. The minimum atomic E-state index is -2.42. The van der Waals surface area contributed by atoms with Crippen LogP contribution in [0.4, 0.5) is 8.78 Å². The summed E-state index contributed by atoms with van der Waals surface area (Å²) in [6.07, 6.45) is -2.42. The fourth-order valence-electron chi connectivity index (χ4n) is 1.76. The Morgan fingerprint density at radius 3 is 2.67 bits per heavy atom. The fourth-order valence-corrected chi connectivity index (χ4v) is 1.76. The molecule has 0 unspecified atom stereocenters. The van der Waals surface area contributed by atoms with Gasteiger partial charge in [0.15, 0.2) is 0 Å². The third kappa shape index (κ3) is 4.40. The van der Waals surface area contributed by atoms with Crippen molar-refractivity contribution in [2.45, 2.75) is 19.9 Å². The van der Waals surface area contributed by atoms with E-state index in [9.17, 15) is 8.78 Å². The van der Waals surface area contributed by atoms with Gasteiger partial charge < -0.3 is 5.11 Å². The average molecular weight is 254 g/mol. The predicted molar refractivity (Wildman–Crippen MR) is 64.3 cm³/mol. The molecule has 1 aromatic rings. The number of hydrogen-bond donors (Lipinski definition) is 1. The van der Waals surface area contributed by atoms with Gasteiger partial charge in [-0.3, -0.25) is 4.90 Å². The Balaban J connectivity index is 2.77. The maximum absolute atomic E-state index is 12.4. The standard InChI is InChI=1S/C13H16F2N2O/c1-10-6-11(7-16)2-3-12(10)8-17(4-5-18)9-13(14)15/h2-3,6,13,18H,4-5,8-9H2,1H3. The Morgan fingerprint density at radius 1 is 1.44 bits per heavy atom. The number of halogens is 2. The second-order valence-electron chi connectivity index (χ2n) is 4.10. The summed E-state index contributed by atoms with van der Waals surface area (Å²) in [5.74, 6) is 0. The minimum absolute atomic E-state index is 0.151. The van der Waals surface area contributed by atoms with Crippen molar-refractivity contribution in [3.63, 3.8) is 0 Å². The molecule has 0 atom stereocenters. The van der Waals surface area contributed by atoms with Crippen molar-refractivity contribution in [2.24, 2.45) is 0 Å². The Hall–Kier alpha value is -1.51. The third-order valence-corrected chi connectivity index (χ3v) is 2.68. The van der Waals surface area contributed by atoms with Crippen LogP contribution in [0.15, 0.2) is 18.2 Å². The molecule has 0 aliphatic heterocycles. The van der Waals surface area contributed by atoms with Gasteiger partial charge in [0.25, 0.3) is 6.43 Å². The van der Waals surface area contributed by atoms with E-state index in [0.717, 1.165) is 11.1 Å². The number of aliphatic hydroxyl groups excluding tert-OH is 1. The summed E-state index contributed by atoms with van der Waals surface area (Å²) in [5.41, 5.74) is 2.34. The molecule has 0 heterocycles. The van der Waals surface area contributed by atoms with E-state index in [1.54, 1.807) is 18.2 Å². The molecule has 0 aromatic heterocycles. The highest BCUT2D eigenvalue weighted by Gasteiger charge is 2.13. The lowest BCUT2D eigenvalue weighted by Gasteiger charge is -2.21. The molecule has 0 amide bonds. The summed E-state index contributed by atoms with van der Waals surface area (Å²) in [5, 5.41) is 17.6. The van der Waals surface area contributed by atoms with Gasteiger partial charge in [-0.1, -0.05) is 6.07 Å². The van der Waals surface area contributed by atoms with Crippen molar-refractivity contribution in [1.29, 1.82) is 5.26 Å². The average Bonchev–Trinajstić information content (AvgIpc) is 2.31. The number of aliphatic hydroxyl groups is 1. The fraction of sp³-hybridized carbons (Fsp3) is 0.462. The van der Waals surface area contributed by atoms with Gasteiger partial charge in [-0.2, -0.15) is 5.26 Å². The maximum atomic E-state index is 12.4. The van der Waals surface area contributed by atoms with Crippen LogP contribution in [-0.4, -0.2) is 36.1 Å². The number of benzene rings is 1. The van der Waals surface area contributed by atoms with Gasteiger partial charge >= 0.3 is 0 Å². The molecule has 1 aromatic carbocycles. The second-order valence-corrected chi connectivity index (χ2v) is 4.10. The number of hydrogen-bond acceptors (Lipinski definition) is 3. The van der Waals surface area contributed by atoms with Crippen molar-refractivity contribution in [3.8, 4) is 6.07 Å². The van der Waals surface area contributed by atoms with Crippen molar-refractivity contribution in [2.75, 3.05) is 19.7 Å². The molecule has 0 aliphatic carbocycles. The lowest BCUT2D eigenvalue weighted by atomic mass is 10.1. The van der Waals surface area contributed by atoms with Crippen LogP contribution in [0.2, 0.25) is 0 Å². The van der Waals surface area contributed by atoms with Crippen molar-refractivity contribution in [1.82, 2.24) is 4.90 Å². The highest BCUT2D eigenvalue weighted by molar-refractivity contribution is 5.37. The van der Waals surface area contributed by atoms with Gasteiger partial charge in [0.1, 0.15) is 0 Å². The zero-order valence-electron chi connectivity index (χ0n) is 10.2. The number of aryl methyl sites for hydroxylation is 1. The molecule has 0 radical (unpaired) electrons. The first-order valence-electron chi connectivity index (χ1n) is 5.67. The zero-order valence-corrected chi connectivity index (χ0v) is 10.2. The quantitative estimate of drug-likeness (QED) is 0.843. The molecular weight excluding hydrogens is 238 g/mol. The summed E-state index contributed by atoms with van der Waals surface area (Å²) in [6, 6.07) is 7.20. The summed E-state index contributed by atoms with van der Waals surface area (Å²) in [7, 11) is 0. The lowest BCUT2D eigenvalue weighted by molar-refractivity contribution is 0.0745. The third-order valence-electron chi connectivity index (χ3n) is 2.68. The monoisotopic (exact) mass is 254 g/mol. The molecule has 0 aliphatic rings. The molecule has 98 valence electrons. The Labute approximate surface area is 105 Å². The van der Waals surface area contributed by atoms with Crippen LogP contribution in [0.1, 0.15) is 16.7 Å². The van der Waals surface area contributed by atoms with Crippen LogP contribution in [0, 0.1) is 18.3 Å². The smallest absolute Gasteiger partial charge is 0.251 e. The van der Waals surface area contributed by atoms with Crippen LogP contribution >= 0.6 is 0 Å². The van der Waals surface area contributed by atoms with Crippen LogP contribution in [0.25, 0.3) is 0 Å². The van der Waals surface area contributed by atoms with Gasteiger partial charge in [0, 0.05) is 13.1 Å². The zero-order chi connectivity index (χ0) is 13.5. The van der Waals surface area contributed by atoms with Gasteiger partial charge in [-0.25, -0.2) is 8.78 Å². The van der Waals surface area contributed by atoms with E-state index in [0.29, 0.717) is 12.1 Å². The molecule has 0 saturated heterocycles. The first kappa shape index (κ1) is 14.6. The summed E-state index contributed by atoms with van der Waals surface area (Å²) < 4.78 is 24.7. The highest BCUT2D eigenvalue weighted by atomic mass is 19.3.